The number of benzene rings is 2. The molecule has 8 nitrogen and oxygen atoms in total. The van der Waals surface area contributed by atoms with Gasteiger partial charge in [-0.25, -0.2) is 21.8 Å². The topological polar surface area (TPSA) is 125 Å². The molecule has 3 aromatic rings. The molecule has 0 amide bonds. The van der Waals surface area contributed by atoms with Gasteiger partial charge in [-0.15, -0.1) is 0 Å². The van der Waals surface area contributed by atoms with E-state index >= 15 is 0 Å². The molecule has 158 valence electrons. The Kier molecular flexibility index (Phi) is 6.14. The van der Waals surface area contributed by atoms with Crippen molar-refractivity contribution in [1.82, 2.24) is 4.98 Å². The number of hydrogen-bond donors (Lipinski definition) is 3. The number of aromatic hydroxyl groups is 1. The quantitative estimate of drug-likeness (QED) is 0.451. The Balaban J connectivity index is 1.99. The summed E-state index contributed by atoms with van der Waals surface area (Å²) in [6.07, 6.45) is 1.29. The van der Waals surface area contributed by atoms with Gasteiger partial charge in [-0.1, -0.05) is 29.3 Å². The highest BCUT2D eigenvalue weighted by molar-refractivity contribution is 7.93. The highest BCUT2D eigenvalue weighted by Crippen LogP contribution is 2.30. The van der Waals surface area contributed by atoms with E-state index in [4.69, 9.17) is 23.2 Å². The summed E-state index contributed by atoms with van der Waals surface area (Å²) in [5, 5.41) is 10.5. The zero-order valence-electron chi connectivity index (χ0n) is 15.3. The number of anilines is 2. The molecule has 0 aliphatic heterocycles. The van der Waals surface area contributed by atoms with E-state index in [0.29, 0.717) is 10.6 Å². The molecular weight excluding hydrogens is 473 g/mol. The van der Waals surface area contributed by atoms with Gasteiger partial charge in [-0.2, -0.15) is 0 Å². The summed E-state index contributed by atoms with van der Waals surface area (Å²) in [4.78, 5) is 2.75. The number of phenolic OH excluding ortho intramolecular Hbond substituents is 1. The molecule has 0 atom stereocenters. The lowest BCUT2D eigenvalue weighted by molar-refractivity contribution is 0.458. The van der Waals surface area contributed by atoms with Crippen LogP contribution in [0.15, 0.2) is 64.5 Å². The minimum Gasteiger partial charge on any atom is -0.507 e. The number of nitrogens with zero attached hydrogens (tertiary/aromatic N) is 1. The lowest BCUT2D eigenvalue weighted by Crippen LogP contribution is -2.17. The maximum atomic E-state index is 12.8. The first-order chi connectivity index (χ1) is 14.0. The second-order valence-corrected chi connectivity index (χ2v) is 10.2. The Bertz CT molecular complexity index is 1330. The van der Waals surface area contributed by atoms with Crippen molar-refractivity contribution in [2.24, 2.45) is 0 Å². The fraction of sp³-hybridized carbons (Fsp3) is 0.0556. The molecule has 0 fully saturated rings. The van der Waals surface area contributed by atoms with Crippen molar-refractivity contribution < 1.29 is 21.9 Å². The normalized spacial score (nSPS) is 11.8. The summed E-state index contributed by atoms with van der Waals surface area (Å²) in [6.45, 7) is 1.64. The summed E-state index contributed by atoms with van der Waals surface area (Å²) < 4.78 is 55.5. The van der Waals surface area contributed by atoms with Gasteiger partial charge in [-0.3, -0.25) is 9.44 Å². The second kappa shape index (κ2) is 8.31. The third-order valence-electron chi connectivity index (χ3n) is 4.02. The second-order valence-electron chi connectivity index (χ2n) is 6.12. The van der Waals surface area contributed by atoms with Crippen LogP contribution in [-0.4, -0.2) is 26.9 Å². The highest BCUT2D eigenvalue weighted by Gasteiger charge is 2.24. The standard InChI is InChI=1S/C18H15Cl2N3O5S2/c1-11-14(19)3-2-4-15(11)23-29(25,26)13-5-6-16(24)17(10-13)30(27,28)22-12-7-8-21-18(20)9-12/h2-10,23-24H,1H3,(H,21,22). The van der Waals surface area contributed by atoms with Crippen LogP contribution < -0.4 is 9.44 Å². The molecule has 0 unspecified atom stereocenters. The Labute approximate surface area is 183 Å². The van der Waals surface area contributed by atoms with Gasteiger partial charge >= 0.3 is 0 Å². The predicted octanol–water partition coefficient (Wildman–Crippen LogP) is 4.00. The minimum absolute atomic E-state index is 0.0526. The van der Waals surface area contributed by atoms with Gasteiger partial charge in [0.25, 0.3) is 20.0 Å². The first-order valence-corrected chi connectivity index (χ1v) is 12.0. The molecule has 0 spiro atoms. The molecule has 0 aliphatic rings. The molecule has 3 rings (SSSR count). The Morgan fingerprint density at radius 2 is 1.67 bits per heavy atom. The van der Waals surface area contributed by atoms with Gasteiger partial charge < -0.3 is 5.11 Å². The Hall–Kier alpha value is -2.53. The van der Waals surface area contributed by atoms with Gasteiger partial charge in [0, 0.05) is 11.2 Å². The van der Waals surface area contributed by atoms with Gasteiger partial charge in [0.2, 0.25) is 0 Å². The molecule has 0 aliphatic carbocycles. The number of rotatable bonds is 6. The number of sulfonamides is 2. The minimum atomic E-state index is -4.33. The number of halogens is 2. The molecule has 1 aromatic heterocycles. The van der Waals surface area contributed by atoms with E-state index < -0.39 is 30.7 Å². The number of hydrogen-bond acceptors (Lipinski definition) is 6. The van der Waals surface area contributed by atoms with Crippen molar-refractivity contribution in [2.45, 2.75) is 16.7 Å². The first kappa shape index (κ1) is 22.2. The van der Waals surface area contributed by atoms with E-state index in [1.165, 1.54) is 24.4 Å². The smallest absolute Gasteiger partial charge is 0.265 e. The van der Waals surface area contributed by atoms with E-state index in [-0.39, 0.29) is 21.4 Å². The number of nitrogens with one attached hydrogen (secondary N) is 2. The lowest BCUT2D eigenvalue weighted by Gasteiger charge is -2.14. The Morgan fingerprint density at radius 1 is 0.933 bits per heavy atom. The Morgan fingerprint density at radius 3 is 2.37 bits per heavy atom. The summed E-state index contributed by atoms with van der Waals surface area (Å²) in [7, 11) is -8.51. The molecule has 0 saturated carbocycles. The number of aromatic nitrogens is 1. The van der Waals surface area contributed by atoms with Crippen molar-refractivity contribution in [3.05, 3.63) is 70.5 Å². The lowest BCUT2D eigenvalue weighted by atomic mass is 10.2. The molecule has 1 heterocycles. The summed E-state index contributed by atoms with van der Waals surface area (Å²) in [6, 6.07) is 10.2. The molecule has 3 N–H and O–H groups in total. The van der Waals surface area contributed by atoms with Crippen molar-refractivity contribution in [1.29, 1.82) is 0 Å². The predicted molar refractivity (Wildman–Crippen MR) is 115 cm³/mol. The van der Waals surface area contributed by atoms with Crippen molar-refractivity contribution in [2.75, 3.05) is 9.44 Å². The van der Waals surface area contributed by atoms with Crippen molar-refractivity contribution in [3.63, 3.8) is 0 Å². The summed E-state index contributed by atoms with van der Waals surface area (Å²) in [5.41, 5.74) is 0.838. The SMILES string of the molecule is Cc1c(Cl)cccc1NS(=O)(=O)c1ccc(O)c(S(=O)(=O)Nc2ccnc(Cl)c2)c1. The third-order valence-corrected chi connectivity index (χ3v) is 7.41. The van der Waals surface area contributed by atoms with Crippen LogP contribution in [0.25, 0.3) is 0 Å². The maximum Gasteiger partial charge on any atom is 0.265 e. The van der Waals surface area contributed by atoms with E-state index in [2.05, 4.69) is 14.4 Å². The van der Waals surface area contributed by atoms with Crippen LogP contribution in [0.2, 0.25) is 10.2 Å². The zero-order valence-corrected chi connectivity index (χ0v) is 18.4. The van der Waals surface area contributed by atoms with Crippen LogP contribution in [0.4, 0.5) is 11.4 Å². The van der Waals surface area contributed by atoms with Crippen LogP contribution in [0.1, 0.15) is 5.56 Å². The fourth-order valence-corrected chi connectivity index (χ4v) is 5.22. The monoisotopic (exact) mass is 487 g/mol. The van der Waals surface area contributed by atoms with E-state index in [9.17, 15) is 21.9 Å². The first-order valence-electron chi connectivity index (χ1n) is 8.25. The molecule has 2 aromatic carbocycles. The summed E-state index contributed by atoms with van der Waals surface area (Å²) in [5.74, 6) is -0.625. The van der Waals surface area contributed by atoms with Crippen LogP contribution in [0, 0.1) is 6.92 Å². The fourth-order valence-electron chi connectivity index (χ4n) is 2.47. The van der Waals surface area contributed by atoms with Crippen molar-refractivity contribution in [3.8, 4) is 5.75 Å². The van der Waals surface area contributed by atoms with E-state index in [1.807, 2.05) is 0 Å². The van der Waals surface area contributed by atoms with Gasteiger partial charge in [0.05, 0.1) is 16.3 Å². The largest absolute Gasteiger partial charge is 0.507 e. The summed E-state index contributed by atoms with van der Waals surface area (Å²) >= 11 is 11.8. The van der Waals surface area contributed by atoms with E-state index in [1.54, 1.807) is 19.1 Å². The van der Waals surface area contributed by atoms with Crippen LogP contribution >= 0.6 is 23.2 Å². The van der Waals surface area contributed by atoms with Crippen LogP contribution in [0.3, 0.4) is 0 Å². The molecule has 0 radical (unpaired) electrons. The number of phenols is 1. The average molecular weight is 488 g/mol. The molecule has 0 saturated heterocycles. The van der Waals surface area contributed by atoms with Crippen LogP contribution in [-0.2, 0) is 20.0 Å². The third kappa shape index (κ3) is 4.78. The van der Waals surface area contributed by atoms with Crippen molar-refractivity contribution >= 4 is 54.6 Å². The molecule has 30 heavy (non-hydrogen) atoms. The maximum absolute atomic E-state index is 12.8. The molecule has 0 bridgehead atoms. The zero-order chi connectivity index (χ0) is 22.1. The van der Waals surface area contributed by atoms with Gasteiger partial charge in [0.15, 0.2) is 0 Å². The number of pyridine rings is 1. The van der Waals surface area contributed by atoms with Crippen LogP contribution in [0.5, 0.6) is 5.75 Å². The molecular formula is C18H15Cl2N3O5S2. The molecule has 12 heteroatoms. The average Bonchev–Trinajstić information content (AvgIpc) is 2.65. The van der Waals surface area contributed by atoms with E-state index in [0.717, 1.165) is 18.2 Å². The van der Waals surface area contributed by atoms with Gasteiger partial charge in [0.1, 0.15) is 15.8 Å². The van der Waals surface area contributed by atoms with Gasteiger partial charge in [-0.05, 0) is 55.0 Å². The highest BCUT2D eigenvalue weighted by atomic mass is 35.5.